The number of rotatable bonds is 5. The number of amides is 1. The molecule has 4 heteroatoms. The molecule has 0 bridgehead atoms. The van der Waals surface area contributed by atoms with Gasteiger partial charge >= 0.3 is 0 Å². The maximum atomic E-state index is 10.9. The Balaban J connectivity index is 2.08. The van der Waals surface area contributed by atoms with Crippen molar-refractivity contribution in [1.82, 2.24) is 10.3 Å². The van der Waals surface area contributed by atoms with Crippen molar-refractivity contribution in [3.05, 3.63) is 0 Å². The quantitative estimate of drug-likeness (QED) is 0.385. The first-order valence-corrected chi connectivity index (χ1v) is 5.40. The SMILES string of the molecule is CN(CCC(=O)NN)CC1CCCC1. The van der Waals surface area contributed by atoms with E-state index in [0.717, 1.165) is 19.0 Å². The van der Waals surface area contributed by atoms with E-state index in [-0.39, 0.29) is 5.91 Å². The third-order valence-corrected chi connectivity index (χ3v) is 2.93. The van der Waals surface area contributed by atoms with Crippen LogP contribution >= 0.6 is 0 Å². The van der Waals surface area contributed by atoms with Gasteiger partial charge in [0, 0.05) is 19.5 Å². The highest BCUT2D eigenvalue weighted by Crippen LogP contribution is 2.24. The van der Waals surface area contributed by atoms with Crippen LogP contribution in [0.1, 0.15) is 32.1 Å². The molecule has 0 aromatic carbocycles. The first-order valence-electron chi connectivity index (χ1n) is 5.40. The van der Waals surface area contributed by atoms with Gasteiger partial charge in [-0.15, -0.1) is 0 Å². The average Bonchev–Trinajstić information content (AvgIpc) is 2.66. The monoisotopic (exact) mass is 199 g/mol. The lowest BCUT2D eigenvalue weighted by atomic mass is 10.1. The van der Waals surface area contributed by atoms with Crippen molar-refractivity contribution in [1.29, 1.82) is 0 Å². The minimum atomic E-state index is -0.0803. The zero-order chi connectivity index (χ0) is 10.4. The molecule has 0 radical (unpaired) electrons. The number of nitrogens with zero attached hydrogens (tertiary/aromatic N) is 1. The summed E-state index contributed by atoms with van der Waals surface area (Å²) in [7, 11) is 2.07. The summed E-state index contributed by atoms with van der Waals surface area (Å²) in [6, 6.07) is 0. The molecule has 0 spiro atoms. The number of hydrazine groups is 1. The van der Waals surface area contributed by atoms with Gasteiger partial charge in [-0.3, -0.25) is 10.2 Å². The van der Waals surface area contributed by atoms with Crippen molar-refractivity contribution in [2.24, 2.45) is 11.8 Å². The Labute approximate surface area is 85.8 Å². The van der Waals surface area contributed by atoms with Crippen molar-refractivity contribution in [3.63, 3.8) is 0 Å². The third-order valence-electron chi connectivity index (χ3n) is 2.93. The smallest absolute Gasteiger partial charge is 0.235 e. The molecule has 3 N–H and O–H groups in total. The van der Waals surface area contributed by atoms with Crippen LogP contribution in [0.4, 0.5) is 0 Å². The number of hydrogen-bond donors (Lipinski definition) is 2. The summed E-state index contributed by atoms with van der Waals surface area (Å²) in [6.07, 6.45) is 5.96. The highest BCUT2D eigenvalue weighted by Gasteiger charge is 2.16. The van der Waals surface area contributed by atoms with Gasteiger partial charge in [0.2, 0.25) is 5.91 Å². The van der Waals surface area contributed by atoms with Crippen LogP contribution in [0.3, 0.4) is 0 Å². The lowest BCUT2D eigenvalue weighted by molar-refractivity contribution is -0.121. The Morgan fingerprint density at radius 2 is 2.14 bits per heavy atom. The molecule has 0 unspecified atom stereocenters. The van der Waals surface area contributed by atoms with E-state index in [9.17, 15) is 4.79 Å². The Kier molecular flexibility index (Phi) is 4.90. The molecule has 1 rings (SSSR count). The molecule has 4 nitrogen and oxygen atoms in total. The molecule has 1 aliphatic carbocycles. The van der Waals surface area contributed by atoms with E-state index in [2.05, 4.69) is 17.4 Å². The number of nitrogens with one attached hydrogen (secondary N) is 1. The van der Waals surface area contributed by atoms with Crippen LogP contribution in [0, 0.1) is 5.92 Å². The normalized spacial score (nSPS) is 17.6. The largest absolute Gasteiger partial charge is 0.306 e. The molecule has 82 valence electrons. The second-order valence-electron chi connectivity index (χ2n) is 4.23. The van der Waals surface area contributed by atoms with Crippen LogP contribution in [0.5, 0.6) is 0 Å². The van der Waals surface area contributed by atoms with Crippen LogP contribution in [0.2, 0.25) is 0 Å². The van der Waals surface area contributed by atoms with Gasteiger partial charge in [-0.2, -0.15) is 0 Å². The van der Waals surface area contributed by atoms with Crippen LogP contribution in [0.15, 0.2) is 0 Å². The average molecular weight is 199 g/mol. The minimum absolute atomic E-state index is 0.0803. The zero-order valence-corrected chi connectivity index (χ0v) is 8.96. The van der Waals surface area contributed by atoms with E-state index in [1.54, 1.807) is 0 Å². The second-order valence-corrected chi connectivity index (χ2v) is 4.23. The molecule has 0 aliphatic heterocycles. The van der Waals surface area contributed by atoms with Crippen molar-refractivity contribution in [2.45, 2.75) is 32.1 Å². The first-order chi connectivity index (χ1) is 6.72. The molecule has 0 atom stereocenters. The summed E-state index contributed by atoms with van der Waals surface area (Å²) in [4.78, 5) is 13.1. The molecular weight excluding hydrogens is 178 g/mol. The van der Waals surface area contributed by atoms with E-state index in [1.807, 2.05) is 0 Å². The molecule has 0 aromatic heterocycles. The van der Waals surface area contributed by atoms with Gasteiger partial charge in [0.1, 0.15) is 0 Å². The molecule has 0 saturated heterocycles. The highest BCUT2D eigenvalue weighted by molar-refractivity contribution is 5.75. The molecule has 1 amide bonds. The standard InChI is InChI=1S/C10H21N3O/c1-13(7-6-10(14)12-11)8-9-4-2-3-5-9/h9H,2-8,11H2,1H3,(H,12,14). The second kappa shape index (κ2) is 5.98. The molecule has 1 fully saturated rings. The fraction of sp³-hybridized carbons (Fsp3) is 0.900. The minimum Gasteiger partial charge on any atom is -0.306 e. The van der Waals surface area contributed by atoms with Crippen LogP contribution < -0.4 is 11.3 Å². The summed E-state index contributed by atoms with van der Waals surface area (Å²) in [5, 5.41) is 0. The number of carbonyl (C=O) groups excluding carboxylic acids is 1. The van der Waals surface area contributed by atoms with Gasteiger partial charge in [-0.25, -0.2) is 5.84 Å². The van der Waals surface area contributed by atoms with Crippen molar-refractivity contribution in [2.75, 3.05) is 20.1 Å². The van der Waals surface area contributed by atoms with E-state index < -0.39 is 0 Å². The van der Waals surface area contributed by atoms with Gasteiger partial charge in [-0.05, 0) is 25.8 Å². The molecule has 14 heavy (non-hydrogen) atoms. The van der Waals surface area contributed by atoms with Crippen molar-refractivity contribution in [3.8, 4) is 0 Å². The maximum Gasteiger partial charge on any atom is 0.235 e. The lowest BCUT2D eigenvalue weighted by Gasteiger charge is -2.20. The molecule has 1 saturated carbocycles. The summed E-state index contributed by atoms with van der Waals surface area (Å²) in [5.41, 5.74) is 2.15. The van der Waals surface area contributed by atoms with Crippen LogP contribution in [-0.4, -0.2) is 30.9 Å². The van der Waals surface area contributed by atoms with Crippen LogP contribution in [-0.2, 0) is 4.79 Å². The molecule has 1 aliphatic rings. The number of carbonyl (C=O) groups is 1. The van der Waals surface area contributed by atoms with Crippen LogP contribution in [0.25, 0.3) is 0 Å². The number of hydrogen-bond acceptors (Lipinski definition) is 3. The predicted molar refractivity (Wildman–Crippen MR) is 56.4 cm³/mol. The Bertz CT molecular complexity index is 178. The number of nitrogens with two attached hydrogens (primary N) is 1. The van der Waals surface area contributed by atoms with Crippen molar-refractivity contribution < 1.29 is 4.79 Å². The lowest BCUT2D eigenvalue weighted by Crippen LogP contribution is -2.34. The Hall–Kier alpha value is -0.610. The Morgan fingerprint density at radius 3 is 2.71 bits per heavy atom. The highest BCUT2D eigenvalue weighted by atomic mass is 16.2. The molecular formula is C10H21N3O. The van der Waals surface area contributed by atoms with Gasteiger partial charge in [0.05, 0.1) is 0 Å². The zero-order valence-electron chi connectivity index (χ0n) is 8.96. The maximum absolute atomic E-state index is 10.9. The van der Waals surface area contributed by atoms with E-state index in [0.29, 0.717) is 6.42 Å². The van der Waals surface area contributed by atoms with E-state index in [1.165, 1.54) is 25.7 Å². The van der Waals surface area contributed by atoms with Gasteiger partial charge in [0.15, 0.2) is 0 Å². The fourth-order valence-electron chi connectivity index (χ4n) is 2.09. The fourth-order valence-corrected chi connectivity index (χ4v) is 2.09. The van der Waals surface area contributed by atoms with Gasteiger partial charge in [-0.1, -0.05) is 12.8 Å². The molecule has 0 aromatic rings. The Morgan fingerprint density at radius 1 is 1.50 bits per heavy atom. The van der Waals surface area contributed by atoms with Gasteiger partial charge < -0.3 is 4.90 Å². The molecule has 0 heterocycles. The third kappa shape index (κ3) is 4.07. The van der Waals surface area contributed by atoms with E-state index >= 15 is 0 Å². The summed E-state index contributed by atoms with van der Waals surface area (Å²) in [6.45, 7) is 1.93. The van der Waals surface area contributed by atoms with Crippen molar-refractivity contribution >= 4 is 5.91 Å². The van der Waals surface area contributed by atoms with E-state index in [4.69, 9.17) is 5.84 Å². The predicted octanol–water partition coefficient (Wildman–Crippen LogP) is 0.488. The van der Waals surface area contributed by atoms with Gasteiger partial charge in [0.25, 0.3) is 0 Å². The topological polar surface area (TPSA) is 58.4 Å². The first kappa shape index (κ1) is 11.5. The summed E-state index contributed by atoms with van der Waals surface area (Å²) < 4.78 is 0. The summed E-state index contributed by atoms with van der Waals surface area (Å²) in [5.74, 6) is 5.77. The summed E-state index contributed by atoms with van der Waals surface area (Å²) >= 11 is 0.